The van der Waals surface area contributed by atoms with E-state index in [9.17, 15) is 0 Å². The van der Waals surface area contributed by atoms with Crippen LogP contribution in [-0.2, 0) is 4.74 Å². The molecule has 0 bridgehead atoms. The summed E-state index contributed by atoms with van der Waals surface area (Å²) in [5.74, 6) is 0.892. The first-order valence-corrected chi connectivity index (χ1v) is 6.93. The van der Waals surface area contributed by atoms with Gasteiger partial charge in [-0.25, -0.2) is 0 Å². The first-order chi connectivity index (χ1) is 8.31. The van der Waals surface area contributed by atoms with Crippen molar-refractivity contribution >= 4 is 0 Å². The van der Waals surface area contributed by atoms with E-state index in [1.54, 1.807) is 0 Å². The molecule has 1 aliphatic heterocycles. The fraction of sp³-hybridized carbons (Fsp3) is 1.00. The molecule has 4 heteroatoms. The lowest BCUT2D eigenvalue weighted by Crippen LogP contribution is -2.47. The maximum Gasteiger partial charge on any atom is 0.0620 e. The van der Waals surface area contributed by atoms with Crippen molar-refractivity contribution in [2.75, 3.05) is 60.0 Å². The summed E-state index contributed by atoms with van der Waals surface area (Å²) < 4.78 is 5.35. The molecule has 0 aromatic rings. The van der Waals surface area contributed by atoms with Gasteiger partial charge in [0.25, 0.3) is 0 Å². The summed E-state index contributed by atoms with van der Waals surface area (Å²) in [4.78, 5) is 5.06. The molecule has 1 heterocycles. The SMILES string of the molecule is COCC(C1CC1)N(C)CCN1CCNCC1. The normalized spacial score (nSPS) is 24.2. The van der Waals surface area contributed by atoms with E-state index in [1.165, 1.54) is 39.0 Å². The minimum Gasteiger partial charge on any atom is -0.383 e. The van der Waals surface area contributed by atoms with Crippen molar-refractivity contribution in [2.45, 2.75) is 18.9 Å². The van der Waals surface area contributed by atoms with E-state index >= 15 is 0 Å². The molecule has 0 radical (unpaired) electrons. The monoisotopic (exact) mass is 241 g/mol. The molecule has 2 fully saturated rings. The summed E-state index contributed by atoms with van der Waals surface area (Å²) in [5.41, 5.74) is 0. The molecule has 2 aliphatic rings. The van der Waals surface area contributed by atoms with Gasteiger partial charge in [-0.2, -0.15) is 0 Å². The quantitative estimate of drug-likeness (QED) is 0.691. The Labute approximate surface area is 105 Å². The minimum atomic E-state index is 0.642. The van der Waals surface area contributed by atoms with Crippen molar-refractivity contribution in [1.29, 1.82) is 0 Å². The van der Waals surface area contributed by atoms with E-state index in [2.05, 4.69) is 22.2 Å². The Morgan fingerprint density at radius 1 is 1.35 bits per heavy atom. The predicted octanol–water partition coefficient (Wildman–Crippen LogP) is 0.248. The molecule has 17 heavy (non-hydrogen) atoms. The van der Waals surface area contributed by atoms with Gasteiger partial charge in [0, 0.05) is 52.4 Å². The molecule has 1 atom stereocenters. The maximum absolute atomic E-state index is 5.35. The highest BCUT2D eigenvalue weighted by atomic mass is 16.5. The summed E-state index contributed by atoms with van der Waals surface area (Å²) in [6.07, 6.45) is 2.79. The number of piperazine rings is 1. The fourth-order valence-corrected chi connectivity index (χ4v) is 2.67. The molecule has 0 aromatic heterocycles. The average Bonchev–Trinajstić information content (AvgIpc) is 3.18. The van der Waals surface area contributed by atoms with Crippen LogP contribution < -0.4 is 5.32 Å². The lowest BCUT2D eigenvalue weighted by molar-refractivity contribution is 0.0848. The summed E-state index contributed by atoms with van der Waals surface area (Å²) in [6.45, 7) is 7.96. The summed E-state index contributed by atoms with van der Waals surface area (Å²) in [7, 11) is 4.07. The molecule has 1 unspecified atom stereocenters. The third-order valence-corrected chi connectivity index (χ3v) is 4.05. The molecule has 0 spiro atoms. The predicted molar refractivity (Wildman–Crippen MR) is 70.3 cm³/mol. The van der Waals surface area contributed by atoms with Crippen molar-refractivity contribution < 1.29 is 4.74 Å². The van der Waals surface area contributed by atoms with Gasteiger partial charge in [0.05, 0.1) is 6.61 Å². The highest BCUT2D eigenvalue weighted by Crippen LogP contribution is 2.34. The van der Waals surface area contributed by atoms with Gasteiger partial charge < -0.3 is 10.1 Å². The molecule has 0 amide bonds. The van der Waals surface area contributed by atoms with Crippen LogP contribution in [0.3, 0.4) is 0 Å². The topological polar surface area (TPSA) is 27.7 Å². The van der Waals surface area contributed by atoms with Crippen LogP contribution in [0.15, 0.2) is 0 Å². The van der Waals surface area contributed by atoms with Gasteiger partial charge in [-0.3, -0.25) is 9.80 Å². The van der Waals surface area contributed by atoms with Crippen molar-refractivity contribution in [3.8, 4) is 0 Å². The zero-order valence-corrected chi connectivity index (χ0v) is 11.3. The van der Waals surface area contributed by atoms with Gasteiger partial charge >= 0.3 is 0 Å². The van der Waals surface area contributed by atoms with Crippen LogP contribution in [0, 0.1) is 5.92 Å². The van der Waals surface area contributed by atoms with Crippen molar-refractivity contribution in [3.63, 3.8) is 0 Å². The second-order valence-electron chi connectivity index (χ2n) is 5.43. The molecule has 1 N–H and O–H groups in total. The molecule has 1 saturated carbocycles. The first kappa shape index (κ1) is 13.3. The second kappa shape index (κ2) is 6.69. The second-order valence-corrected chi connectivity index (χ2v) is 5.43. The molecule has 0 aromatic carbocycles. The molecule has 100 valence electrons. The third kappa shape index (κ3) is 4.21. The van der Waals surface area contributed by atoms with E-state index in [4.69, 9.17) is 4.74 Å². The van der Waals surface area contributed by atoms with Crippen LogP contribution in [0.5, 0.6) is 0 Å². The zero-order chi connectivity index (χ0) is 12.1. The molecule has 1 aliphatic carbocycles. The summed E-state index contributed by atoms with van der Waals surface area (Å²) in [6, 6.07) is 0.642. The van der Waals surface area contributed by atoms with Crippen molar-refractivity contribution in [3.05, 3.63) is 0 Å². The Bertz CT molecular complexity index is 215. The minimum absolute atomic E-state index is 0.642. The number of ether oxygens (including phenoxy) is 1. The standard InChI is InChI=1S/C13H27N3O/c1-15(13(11-17-2)12-3-4-12)9-10-16-7-5-14-6-8-16/h12-14H,3-11H2,1-2H3. The third-order valence-electron chi connectivity index (χ3n) is 4.05. The average molecular weight is 241 g/mol. The Morgan fingerprint density at radius 3 is 2.65 bits per heavy atom. The van der Waals surface area contributed by atoms with Gasteiger partial charge in [-0.05, 0) is 25.8 Å². The number of likely N-dealkylation sites (N-methyl/N-ethyl adjacent to an activating group) is 1. The van der Waals surface area contributed by atoms with Gasteiger partial charge in [-0.15, -0.1) is 0 Å². The Kier molecular flexibility index (Phi) is 5.22. The van der Waals surface area contributed by atoms with Crippen molar-refractivity contribution in [2.24, 2.45) is 5.92 Å². The molecule has 1 saturated heterocycles. The van der Waals surface area contributed by atoms with E-state index in [-0.39, 0.29) is 0 Å². The van der Waals surface area contributed by atoms with Crippen LogP contribution in [0.4, 0.5) is 0 Å². The lowest BCUT2D eigenvalue weighted by atomic mass is 10.1. The van der Waals surface area contributed by atoms with Crippen LogP contribution in [0.25, 0.3) is 0 Å². The number of nitrogens with one attached hydrogen (secondary N) is 1. The van der Waals surface area contributed by atoms with Gasteiger partial charge in [0.1, 0.15) is 0 Å². The van der Waals surface area contributed by atoms with E-state index in [0.717, 1.165) is 25.6 Å². The number of nitrogens with zero attached hydrogens (tertiary/aromatic N) is 2. The van der Waals surface area contributed by atoms with E-state index < -0.39 is 0 Å². The molecular weight excluding hydrogens is 214 g/mol. The lowest BCUT2D eigenvalue weighted by Gasteiger charge is -2.32. The number of rotatable bonds is 7. The number of methoxy groups -OCH3 is 1. The number of hydrogen-bond acceptors (Lipinski definition) is 4. The largest absolute Gasteiger partial charge is 0.383 e. The summed E-state index contributed by atoms with van der Waals surface area (Å²) >= 11 is 0. The summed E-state index contributed by atoms with van der Waals surface area (Å²) in [5, 5.41) is 3.40. The van der Waals surface area contributed by atoms with E-state index in [1.807, 2.05) is 7.11 Å². The van der Waals surface area contributed by atoms with Crippen LogP contribution >= 0.6 is 0 Å². The fourth-order valence-electron chi connectivity index (χ4n) is 2.67. The smallest absolute Gasteiger partial charge is 0.0620 e. The molecule has 4 nitrogen and oxygen atoms in total. The Hall–Kier alpha value is -0.160. The van der Waals surface area contributed by atoms with Crippen LogP contribution in [0.2, 0.25) is 0 Å². The van der Waals surface area contributed by atoms with Crippen LogP contribution in [-0.4, -0.2) is 75.9 Å². The van der Waals surface area contributed by atoms with Crippen molar-refractivity contribution in [1.82, 2.24) is 15.1 Å². The van der Waals surface area contributed by atoms with Gasteiger partial charge in [-0.1, -0.05) is 0 Å². The highest BCUT2D eigenvalue weighted by Gasteiger charge is 2.33. The Morgan fingerprint density at radius 2 is 2.06 bits per heavy atom. The van der Waals surface area contributed by atoms with E-state index in [0.29, 0.717) is 6.04 Å². The van der Waals surface area contributed by atoms with Crippen LogP contribution in [0.1, 0.15) is 12.8 Å². The number of hydrogen-bond donors (Lipinski definition) is 1. The van der Waals surface area contributed by atoms with Gasteiger partial charge in [0.15, 0.2) is 0 Å². The molecular formula is C13H27N3O. The first-order valence-electron chi connectivity index (χ1n) is 6.93. The zero-order valence-electron chi connectivity index (χ0n) is 11.3. The Balaban J connectivity index is 1.68. The van der Waals surface area contributed by atoms with Gasteiger partial charge in [0.2, 0.25) is 0 Å². The highest BCUT2D eigenvalue weighted by molar-refractivity contribution is 4.87. The maximum atomic E-state index is 5.35. The molecule has 2 rings (SSSR count).